The quantitative estimate of drug-likeness (QED) is 0.0460. The van der Waals surface area contributed by atoms with Crippen molar-refractivity contribution in [1.29, 1.82) is 0 Å². The number of nitrogens with two attached hydrogens (primary N) is 4. The fourth-order valence-corrected chi connectivity index (χ4v) is 5.17. The van der Waals surface area contributed by atoms with E-state index in [-0.39, 0.29) is 62.8 Å². The number of nitrogens with one attached hydrogen (secondary N) is 3. The first-order valence-corrected chi connectivity index (χ1v) is 15.4. The van der Waals surface area contributed by atoms with Crippen LogP contribution >= 0.6 is 0 Å². The molecule has 1 aromatic carbocycles. The standard InChI is InChI=1S/C30H47N9O8/c1-16(2)13-21(38-27(44)23-6-4-12-39(23)28(45)19(31)15-24(32)41)25(42)37-22(14-17-7-9-18(40)10-8-17)26(43)36-20(29(46)47)5-3-11-35-30(33)34/h7-10,16,19-23,40H,3-6,11-15,31H2,1-2H3,(H2,32,41)(H,36,43)(H,37,42)(H,38,44)(H,46,47)(H4,33,34,35)/t19-,20-,21-,22-,23-/m0/s1. The first-order valence-electron chi connectivity index (χ1n) is 15.4. The molecule has 17 nitrogen and oxygen atoms in total. The largest absolute Gasteiger partial charge is 0.508 e. The lowest BCUT2D eigenvalue weighted by Gasteiger charge is -2.29. The molecule has 13 N–H and O–H groups in total. The number of aromatic hydroxyl groups is 1. The lowest BCUT2D eigenvalue weighted by atomic mass is 10.00. The molecule has 5 amide bonds. The lowest BCUT2D eigenvalue weighted by molar-refractivity contribution is -0.142. The molecule has 0 aromatic heterocycles. The van der Waals surface area contributed by atoms with Crippen LogP contribution in [0.1, 0.15) is 57.9 Å². The number of carboxylic acids is 1. The van der Waals surface area contributed by atoms with Gasteiger partial charge in [0.15, 0.2) is 5.96 Å². The average Bonchev–Trinajstić information content (AvgIpc) is 3.48. The molecule has 260 valence electrons. The van der Waals surface area contributed by atoms with Gasteiger partial charge in [-0.2, -0.15) is 0 Å². The van der Waals surface area contributed by atoms with Gasteiger partial charge in [0.25, 0.3) is 0 Å². The van der Waals surface area contributed by atoms with Crippen molar-refractivity contribution in [3.8, 4) is 5.75 Å². The third-order valence-corrected chi connectivity index (χ3v) is 7.49. The lowest BCUT2D eigenvalue weighted by Crippen LogP contribution is -2.58. The smallest absolute Gasteiger partial charge is 0.326 e. The van der Waals surface area contributed by atoms with E-state index in [0.29, 0.717) is 18.4 Å². The Morgan fingerprint density at radius 1 is 0.957 bits per heavy atom. The summed E-state index contributed by atoms with van der Waals surface area (Å²) in [6.07, 6.45) is 0.788. The molecule has 1 saturated heterocycles. The molecule has 17 heteroatoms. The Hall–Kier alpha value is -4.93. The molecule has 1 aliphatic rings. The molecular weight excluding hydrogens is 614 g/mol. The van der Waals surface area contributed by atoms with Crippen LogP contribution in [0, 0.1) is 5.92 Å². The van der Waals surface area contributed by atoms with Gasteiger partial charge in [0, 0.05) is 19.5 Å². The number of hydrogen-bond acceptors (Lipinski definition) is 9. The van der Waals surface area contributed by atoms with Crippen molar-refractivity contribution in [2.24, 2.45) is 33.8 Å². The highest BCUT2D eigenvalue weighted by molar-refractivity contribution is 5.96. The molecule has 0 spiro atoms. The van der Waals surface area contributed by atoms with Gasteiger partial charge in [0.2, 0.25) is 29.5 Å². The Bertz CT molecular complexity index is 1300. The summed E-state index contributed by atoms with van der Waals surface area (Å²) >= 11 is 0. The second-order valence-corrected chi connectivity index (χ2v) is 11.9. The topological polar surface area (TPSA) is 299 Å². The van der Waals surface area contributed by atoms with Crippen molar-refractivity contribution < 1.29 is 39.0 Å². The number of carboxylic acid groups (broad SMARTS) is 1. The van der Waals surface area contributed by atoms with Crippen LogP contribution in [0.15, 0.2) is 29.3 Å². The van der Waals surface area contributed by atoms with Crippen LogP contribution in [-0.2, 0) is 35.2 Å². The Morgan fingerprint density at radius 3 is 2.15 bits per heavy atom. The molecule has 47 heavy (non-hydrogen) atoms. The third-order valence-electron chi connectivity index (χ3n) is 7.49. The van der Waals surface area contributed by atoms with E-state index in [0.717, 1.165) is 0 Å². The van der Waals surface area contributed by atoms with E-state index in [1.807, 2.05) is 13.8 Å². The van der Waals surface area contributed by atoms with Gasteiger partial charge in [-0.05, 0) is 55.7 Å². The van der Waals surface area contributed by atoms with Gasteiger partial charge in [-0.15, -0.1) is 0 Å². The normalized spacial score (nSPS) is 16.8. The third kappa shape index (κ3) is 12.8. The van der Waals surface area contributed by atoms with Crippen molar-refractivity contribution >= 4 is 41.5 Å². The number of hydrogen-bond donors (Lipinski definition) is 9. The fraction of sp³-hybridized carbons (Fsp3) is 0.567. The van der Waals surface area contributed by atoms with Crippen LogP contribution in [0.2, 0.25) is 0 Å². The van der Waals surface area contributed by atoms with Gasteiger partial charge >= 0.3 is 5.97 Å². The number of aliphatic carboxylic acids is 1. The van der Waals surface area contributed by atoms with E-state index in [2.05, 4.69) is 20.9 Å². The summed E-state index contributed by atoms with van der Waals surface area (Å²) in [6.45, 7) is 4.05. The molecule has 2 rings (SSSR count). The first kappa shape index (κ1) is 38.3. The van der Waals surface area contributed by atoms with Crippen molar-refractivity contribution in [2.75, 3.05) is 13.1 Å². The van der Waals surface area contributed by atoms with E-state index >= 15 is 0 Å². The second-order valence-electron chi connectivity index (χ2n) is 11.9. The minimum absolute atomic E-state index is 0.00344. The number of nitrogens with zero attached hydrogens (tertiary/aromatic N) is 2. The predicted molar refractivity (Wildman–Crippen MR) is 171 cm³/mol. The molecule has 1 fully saturated rings. The number of aliphatic imine (C=N–C) groups is 1. The summed E-state index contributed by atoms with van der Waals surface area (Å²) in [4.78, 5) is 81.7. The van der Waals surface area contributed by atoms with E-state index in [4.69, 9.17) is 22.9 Å². The number of guanidine groups is 1. The van der Waals surface area contributed by atoms with Gasteiger partial charge in [0.1, 0.15) is 29.9 Å². The zero-order valence-electron chi connectivity index (χ0n) is 26.7. The van der Waals surface area contributed by atoms with Crippen LogP contribution in [0.3, 0.4) is 0 Å². The van der Waals surface area contributed by atoms with Gasteiger partial charge < -0.3 is 54.0 Å². The minimum atomic E-state index is -1.31. The molecular formula is C30H47N9O8. The number of rotatable bonds is 18. The van der Waals surface area contributed by atoms with Crippen LogP contribution in [0.5, 0.6) is 5.75 Å². The van der Waals surface area contributed by atoms with Gasteiger partial charge in [-0.1, -0.05) is 26.0 Å². The SMILES string of the molecule is CC(C)C[C@H](NC(=O)[C@@H]1CCCN1C(=O)[C@@H](N)CC(N)=O)C(=O)N[C@@H](Cc1ccc(O)cc1)C(=O)N[C@@H](CCCN=C(N)N)C(=O)O. The zero-order chi connectivity index (χ0) is 35.3. The number of phenolic OH excluding ortho intramolecular Hbond substituents is 1. The maximum atomic E-state index is 13.7. The highest BCUT2D eigenvalue weighted by Crippen LogP contribution is 2.20. The van der Waals surface area contributed by atoms with E-state index in [1.54, 1.807) is 12.1 Å². The van der Waals surface area contributed by atoms with Crippen molar-refractivity contribution in [3.63, 3.8) is 0 Å². The Morgan fingerprint density at radius 2 is 1.57 bits per heavy atom. The highest BCUT2D eigenvalue weighted by Gasteiger charge is 2.38. The summed E-state index contributed by atoms with van der Waals surface area (Å²) in [5.74, 6) is -5.00. The van der Waals surface area contributed by atoms with Crippen LogP contribution in [-0.4, -0.2) is 99.9 Å². The number of amides is 5. The van der Waals surface area contributed by atoms with Gasteiger partial charge in [0.05, 0.1) is 12.5 Å². The first-order chi connectivity index (χ1) is 22.1. The predicted octanol–water partition coefficient (Wildman–Crippen LogP) is -2.23. The van der Waals surface area contributed by atoms with Gasteiger partial charge in [-0.25, -0.2) is 4.79 Å². The average molecular weight is 662 g/mol. The zero-order valence-corrected chi connectivity index (χ0v) is 26.7. The molecule has 5 atom stereocenters. The minimum Gasteiger partial charge on any atom is -0.508 e. The number of carbonyl (C=O) groups excluding carboxylic acids is 5. The Labute approximate surface area is 272 Å². The number of primary amides is 1. The van der Waals surface area contributed by atoms with Crippen molar-refractivity contribution in [2.45, 2.75) is 89.0 Å². The fourth-order valence-electron chi connectivity index (χ4n) is 5.17. The molecule has 1 aliphatic heterocycles. The van der Waals surface area contributed by atoms with E-state index in [1.165, 1.54) is 17.0 Å². The van der Waals surface area contributed by atoms with Crippen LogP contribution in [0.4, 0.5) is 0 Å². The molecule has 0 bridgehead atoms. The second kappa shape index (κ2) is 18.3. The summed E-state index contributed by atoms with van der Waals surface area (Å²) in [7, 11) is 0. The maximum absolute atomic E-state index is 13.7. The molecule has 1 aromatic rings. The van der Waals surface area contributed by atoms with Crippen molar-refractivity contribution in [1.82, 2.24) is 20.9 Å². The summed E-state index contributed by atoms with van der Waals surface area (Å²) in [5.41, 5.74) is 22.2. The monoisotopic (exact) mass is 661 g/mol. The molecule has 0 saturated carbocycles. The number of benzene rings is 1. The Kier molecular flexibility index (Phi) is 14.9. The van der Waals surface area contributed by atoms with Crippen LogP contribution in [0.25, 0.3) is 0 Å². The summed E-state index contributed by atoms with van der Waals surface area (Å²) in [5, 5.41) is 27.2. The van der Waals surface area contributed by atoms with Gasteiger partial charge in [-0.3, -0.25) is 29.0 Å². The Balaban J connectivity index is 2.26. The molecule has 0 unspecified atom stereocenters. The van der Waals surface area contributed by atoms with E-state index in [9.17, 15) is 39.0 Å². The summed E-state index contributed by atoms with van der Waals surface area (Å²) < 4.78 is 0. The summed E-state index contributed by atoms with van der Waals surface area (Å²) in [6, 6.07) is 0.0592. The van der Waals surface area contributed by atoms with Crippen LogP contribution < -0.4 is 38.9 Å². The van der Waals surface area contributed by atoms with E-state index < -0.39 is 65.7 Å². The molecule has 0 radical (unpaired) electrons. The molecule has 1 heterocycles. The highest BCUT2D eigenvalue weighted by atomic mass is 16.4. The number of likely N-dealkylation sites (tertiary alicyclic amines) is 1. The maximum Gasteiger partial charge on any atom is 0.326 e. The number of carbonyl (C=O) groups is 6. The number of phenols is 1. The molecule has 0 aliphatic carbocycles. The van der Waals surface area contributed by atoms with Crippen molar-refractivity contribution in [3.05, 3.63) is 29.8 Å².